The molecule has 6 nitrogen and oxygen atoms in total. The third kappa shape index (κ3) is 3.78. The summed E-state index contributed by atoms with van der Waals surface area (Å²) in [6.45, 7) is 6.05. The number of nitrogens with zero attached hydrogens (tertiary/aromatic N) is 2. The van der Waals surface area contributed by atoms with E-state index in [1.54, 1.807) is 24.3 Å². The van der Waals surface area contributed by atoms with Crippen LogP contribution in [0.1, 0.15) is 34.7 Å². The summed E-state index contributed by atoms with van der Waals surface area (Å²) >= 11 is 1.28. The molecule has 0 bridgehead atoms. The fourth-order valence-corrected chi connectivity index (χ4v) is 4.52. The number of ketones is 1. The van der Waals surface area contributed by atoms with Gasteiger partial charge in [0.15, 0.2) is 5.13 Å². The second kappa shape index (κ2) is 8.55. The highest BCUT2D eigenvalue weighted by Gasteiger charge is 2.48. The molecule has 1 saturated heterocycles. The lowest BCUT2D eigenvalue weighted by Gasteiger charge is -2.23. The highest BCUT2D eigenvalue weighted by atomic mass is 32.1. The summed E-state index contributed by atoms with van der Waals surface area (Å²) in [4.78, 5) is 32.8. The number of amides is 1. The van der Waals surface area contributed by atoms with E-state index in [1.165, 1.54) is 40.5 Å². The van der Waals surface area contributed by atoms with Crippen molar-refractivity contribution in [3.05, 3.63) is 81.6 Å². The van der Waals surface area contributed by atoms with Crippen LogP contribution in [0.25, 0.3) is 5.76 Å². The molecule has 0 radical (unpaired) electrons. The van der Waals surface area contributed by atoms with Crippen LogP contribution in [0, 0.1) is 19.7 Å². The minimum absolute atomic E-state index is 0.0729. The molecule has 0 spiro atoms. The smallest absolute Gasteiger partial charge is 0.301 e. The first-order valence-electron chi connectivity index (χ1n) is 10.1. The summed E-state index contributed by atoms with van der Waals surface area (Å²) in [7, 11) is 0. The van der Waals surface area contributed by atoms with Crippen LogP contribution < -0.4 is 9.64 Å². The molecule has 164 valence electrons. The van der Waals surface area contributed by atoms with Crippen LogP contribution in [0.5, 0.6) is 5.75 Å². The van der Waals surface area contributed by atoms with Gasteiger partial charge in [-0.1, -0.05) is 12.1 Å². The number of benzene rings is 2. The molecule has 4 rings (SSSR count). The number of halogens is 1. The van der Waals surface area contributed by atoms with Crippen LogP contribution in [-0.2, 0) is 9.59 Å². The van der Waals surface area contributed by atoms with E-state index in [2.05, 4.69) is 4.98 Å². The van der Waals surface area contributed by atoms with Crippen LogP contribution in [0.15, 0.2) is 54.1 Å². The molecule has 2 heterocycles. The number of aliphatic hydroxyl groups is 1. The molecular weight excluding hydrogens is 431 g/mol. The van der Waals surface area contributed by atoms with Crippen molar-refractivity contribution in [2.24, 2.45) is 0 Å². The van der Waals surface area contributed by atoms with E-state index in [1.807, 2.05) is 20.8 Å². The Balaban J connectivity index is 1.89. The first-order valence-corrected chi connectivity index (χ1v) is 10.9. The fraction of sp³-hybridized carbons (Fsp3) is 0.208. The Morgan fingerprint density at radius 1 is 1.12 bits per heavy atom. The molecule has 0 saturated carbocycles. The van der Waals surface area contributed by atoms with Crippen LogP contribution in [0.2, 0.25) is 0 Å². The zero-order chi connectivity index (χ0) is 23.0. The summed E-state index contributed by atoms with van der Waals surface area (Å²) in [5.74, 6) is -1.75. The monoisotopic (exact) mass is 452 g/mol. The maximum atomic E-state index is 13.6. The van der Waals surface area contributed by atoms with Gasteiger partial charge in [-0.05, 0) is 62.7 Å². The summed E-state index contributed by atoms with van der Waals surface area (Å²) in [5, 5.41) is 11.4. The lowest BCUT2D eigenvalue weighted by atomic mass is 9.95. The topological polar surface area (TPSA) is 79.7 Å². The van der Waals surface area contributed by atoms with E-state index >= 15 is 0 Å². The van der Waals surface area contributed by atoms with Gasteiger partial charge in [-0.2, -0.15) is 0 Å². The number of carbonyl (C=O) groups excluding carboxylic acids is 2. The predicted octanol–water partition coefficient (Wildman–Crippen LogP) is 4.92. The number of hydrogen-bond acceptors (Lipinski definition) is 6. The van der Waals surface area contributed by atoms with Crippen molar-refractivity contribution in [1.29, 1.82) is 0 Å². The number of ether oxygens (including phenoxy) is 1. The number of carbonyl (C=O) groups is 2. The molecule has 1 unspecified atom stereocenters. The third-order valence-corrected chi connectivity index (χ3v) is 6.36. The van der Waals surface area contributed by atoms with Crippen molar-refractivity contribution >= 4 is 33.9 Å². The van der Waals surface area contributed by atoms with E-state index in [4.69, 9.17) is 4.74 Å². The molecule has 8 heteroatoms. The molecule has 1 fully saturated rings. The summed E-state index contributed by atoms with van der Waals surface area (Å²) in [6, 6.07) is 11.2. The lowest BCUT2D eigenvalue weighted by molar-refractivity contribution is -0.132. The van der Waals surface area contributed by atoms with Crippen molar-refractivity contribution in [3.63, 3.8) is 0 Å². The summed E-state index contributed by atoms with van der Waals surface area (Å²) in [6.07, 6.45) is 0. The van der Waals surface area contributed by atoms with Crippen molar-refractivity contribution in [2.45, 2.75) is 26.8 Å². The van der Waals surface area contributed by atoms with Crippen molar-refractivity contribution in [2.75, 3.05) is 11.5 Å². The van der Waals surface area contributed by atoms with Crippen LogP contribution in [0.4, 0.5) is 9.52 Å². The van der Waals surface area contributed by atoms with Crippen molar-refractivity contribution < 1.29 is 23.8 Å². The molecule has 1 N–H and O–H groups in total. The Morgan fingerprint density at radius 2 is 1.78 bits per heavy atom. The standard InChI is InChI=1S/C24H21FN2O4S/c1-4-31-18-11-7-16(8-12-18)21(28)19-20(15-5-9-17(25)10-6-15)27(23(30)22(19)29)24-26-13(2)14(3)32-24/h5-12,20,28H,4H2,1-3H3. The predicted molar refractivity (Wildman–Crippen MR) is 120 cm³/mol. The zero-order valence-corrected chi connectivity index (χ0v) is 18.6. The first-order chi connectivity index (χ1) is 15.3. The number of hydrogen-bond donors (Lipinski definition) is 1. The average Bonchev–Trinajstić information content (AvgIpc) is 3.24. The first kappa shape index (κ1) is 21.7. The van der Waals surface area contributed by atoms with E-state index < -0.39 is 23.5 Å². The third-order valence-electron chi connectivity index (χ3n) is 5.29. The number of aromatic nitrogens is 1. The number of aryl methyl sites for hydroxylation is 2. The molecule has 3 aromatic rings. The van der Waals surface area contributed by atoms with Gasteiger partial charge in [-0.15, -0.1) is 11.3 Å². The second-order valence-corrected chi connectivity index (χ2v) is 8.50. The Morgan fingerprint density at radius 3 is 2.34 bits per heavy atom. The van der Waals surface area contributed by atoms with Gasteiger partial charge in [0.2, 0.25) is 0 Å². The summed E-state index contributed by atoms with van der Waals surface area (Å²) < 4.78 is 19.0. The van der Waals surface area contributed by atoms with E-state index in [-0.39, 0.29) is 11.3 Å². The van der Waals surface area contributed by atoms with E-state index in [0.717, 1.165) is 10.6 Å². The van der Waals surface area contributed by atoms with E-state index in [0.29, 0.717) is 28.6 Å². The van der Waals surface area contributed by atoms with Gasteiger partial charge >= 0.3 is 5.91 Å². The van der Waals surface area contributed by atoms with Crippen LogP contribution in [0.3, 0.4) is 0 Å². The molecule has 2 aromatic carbocycles. The average molecular weight is 453 g/mol. The van der Waals surface area contributed by atoms with Crippen molar-refractivity contribution in [1.82, 2.24) is 4.98 Å². The molecule has 1 aliphatic heterocycles. The molecule has 0 aliphatic carbocycles. The minimum Gasteiger partial charge on any atom is -0.507 e. The maximum absolute atomic E-state index is 13.6. The Labute approximate surface area is 188 Å². The quantitative estimate of drug-likeness (QED) is 0.338. The largest absolute Gasteiger partial charge is 0.507 e. The van der Waals surface area contributed by atoms with Crippen molar-refractivity contribution in [3.8, 4) is 5.75 Å². The molecule has 1 aromatic heterocycles. The highest BCUT2D eigenvalue weighted by Crippen LogP contribution is 2.43. The molecule has 32 heavy (non-hydrogen) atoms. The summed E-state index contributed by atoms with van der Waals surface area (Å²) in [5.41, 5.74) is 1.53. The number of Topliss-reactive ketones (excluding diaryl/α,β-unsaturated/α-hetero) is 1. The maximum Gasteiger partial charge on any atom is 0.301 e. The number of aliphatic hydroxyl groups excluding tert-OH is 1. The normalized spacial score (nSPS) is 17.8. The zero-order valence-electron chi connectivity index (χ0n) is 17.8. The Hall–Kier alpha value is -3.52. The molecule has 1 atom stereocenters. The number of anilines is 1. The van der Waals surface area contributed by atoms with Gasteiger partial charge in [0.05, 0.1) is 23.9 Å². The van der Waals surface area contributed by atoms with Gasteiger partial charge < -0.3 is 9.84 Å². The van der Waals surface area contributed by atoms with Crippen LogP contribution >= 0.6 is 11.3 Å². The SMILES string of the molecule is CCOc1ccc(C(O)=C2C(=O)C(=O)N(c3nc(C)c(C)s3)C2c2ccc(F)cc2)cc1. The second-order valence-electron chi connectivity index (χ2n) is 7.32. The highest BCUT2D eigenvalue weighted by molar-refractivity contribution is 7.16. The number of thiazole rings is 1. The van der Waals surface area contributed by atoms with Gasteiger partial charge in [0.25, 0.3) is 5.78 Å². The minimum atomic E-state index is -0.938. The van der Waals surface area contributed by atoms with Gasteiger partial charge in [0, 0.05) is 10.4 Å². The molecular formula is C24H21FN2O4S. The fourth-order valence-electron chi connectivity index (χ4n) is 3.58. The Bertz CT molecular complexity index is 1200. The van der Waals surface area contributed by atoms with Gasteiger partial charge in [-0.25, -0.2) is 9.37 Å². The van der Waals surface area contributed by atoms with Gasteiger partial charge in [0.1, 0.15) is 17.3 Å². The number of rotatable bonds is 5. The Kier molecular flexibility index (Phi) is 5.80. The van der Waals surface area contributed by atoms with E-state index in [9.17, 15) is 19.1 Å². The molecule has 1 amide bonds. The lowest BCUT2D eigenvalue weighted by Crippen LogP contribution is -2.29. The van der Waals surface area contributed by atoms with Crippen LogP contribution in [-0.4, -0.2) is 28.4 Å². The van der Waals surface area contributed by atoms with Gasteiger partial charge in [-0.3, -0.25) is 14.5 Å². The molecule has 1 aliphatic rings.